The highest BCUT2D eigenvalue weighted by Gasteiger charge is 2.26. The zero-order valence-electron chi connectivity index (χ0n) is 9.59. The van der Waals surface area contributed by atoms with Gasteiger partial charge in [0.15, 0.2) is 0 Å². The lowest BCUT2D eigenvalue weighted by molar-refractivity contribution is -0.140. The molecule has 0 aliphatic carbocycles. The summed E-state index contributed by atoms with van der Waals surface area (Å²) < 4.78 is 14.7. The number of hydrogen-bond acceptors (Lipinski definition) is 2. The molecular weight excluding hydrogens is 223 g/mol. The third kappa shape index (κ3) is 2.00. The van der Waals surface area contributed by atoms with Crippen molar-refractivity contribution in [1.29, 1.82) is 0 Å². The molecule has 1 atom stereocenters. The molecule has 0 aromatic carbocycles. The third-order valence-electron chi connectivity index (χ3n) is 2.75. The Labute approximate surface area is 97.7 Å². The summed E-state index contributed by atoms with van der Waals surface area (Å²) in [4.78, 5) is 15.3. The molecule has 1 unspecified atom stereocenters. The quantitative estimate of drug-likeness (QED) is 0.889. The Hall–Kier alpha value is -1.91. The Morgan fingerprint density at radius 2 is 2.18 bits per heavy atom. The largest absolute Gasteiger partial charge is 0.481 e. The maximum absolute atomic E-state index is 13.2. The van der Waals surface area contributed by atoms with E-state index in [4.69, 9.17) is 0 Å². The number of pyridine rings is 1. The molecule has 2 rings (SSSR count). The molecule has 0 saturated carbocycles. The zero-order chi connectivity index (χ0) is 12.6. The molecule has 0 radical (unpaired) electrons. The van der Waals surface area contributed by atoms with Gasteiger partial charge < -0.3 is 9.51 Å². The maximum atomic E-state index is 13.2. The molecule has 90 valence electrons. The zero-order valence-corrected chi connectivity index (χ0v) is 9.59. The molecule has 4 nitrogen and oxygen atoms in total. The van der Waals surface area contributed by atoms with Crippen molar-refractivity contribution < 1.29 is 14.3 Å². The van der Waals surface area contributed by atoms with Crippen LogP contribution in [0, 0.1) is 11.7 Å². The molecule has 0 bridgehead atoms. The average Bonchev–Trinajstić information content (AvgIpc) is 2.60. The second kappa shape index (κ2) is 4.16. The van der Waals surface area contributed by atoms with Gasteiger partial charge in [0.05, 0.1) is 11.9 Å². The van der Waals surface area contributed by atoms with E-state index in [0.29, 0.717) is 11.3 Å². The van der Waals surface area contributed by atoms with Crippen molar-refractivity contribution in [2.45, 2.75) is 19.8 Å². The number of carboxylic acids is 1. The van der Waals surface area contributed by atoms with Crippen LogP contribution in [-0.2, 0) is 4.79 Å². The summed E-state index contributed by atoms with van der Waals surface area (Å²) in [6.07, 6.45) is 2.75. The number of nitrogens with zero attached hydrogens (tertiary/aromatic N) is 2. The van der Waals surface area contributed by atoms with E-state index in [1.807, 2.05) is 13.8 Å². The SMILES string of the molecule is CC(C)C(C(=O)O)c1cnc2ccc(F)cn12. The second-order valence-corrected chi connectivity index (χ2v) is 4.32. The summed E-state index contributed by atoms with van der Waals surface area (Å²) in [5, 5.41) is 9.21. The average molecular weight is 236 g/mol. The van der Waals surface area contributed by atoms with E-state index < -0.39 is 17.7 Å². The first-order chi connectivity index (χ1) is 8.00. The topological polar surface area (TPSA) is 54.6 Å². The van der Waals surface area contributed by atoms with Crippen LogP contribution in [0.1, 0.15) is 25.5 Å². The number of carboxylic acid groups (broad SMARTS) is 1. The van der Waals surface area contributed by atoms with Crippen molar-refractivity contribution in [3.05, 3.63) is 36.0 Å². The highest BCUT2D eigenvalue weighted by atomic mass is 19.1. The number of fused-ring (bicyclic) bond motifs is 1. The van der Waals surface area contributed by atoms with Gasteiger partial charge in [0.25, 0.3) is 0 Å². The first-order valence-corrected chi connectivity index (χ1v) is 5.36. The van der Waals surface area contributed by atoms with Crippen molar-refractivity contribution in [1.82, 2.24) is 9.38 Å². The molecule has 2 heterocycles. The van der Waals surface area contributed by atoms with E-state index in [1.165, 1.54) is 28.9 Å². The van der Waals surface area contributed by atoms with E-state index in [1.54, 1.807) is 0 Å². The smallest absolute Gasteiger partial charge is 0.312 e. The van der Waals surface area contributed by atoms with Crippen molar-refractivity contribution in [3.8, 4) is 0 Å². The first-order valence-electron chi connectivity index (χ1n) is 5.36. The standard InChI is InChI=1S/C12H13FN2O2/c1-7(2)11(12(16)17)9-5-14-10-4-3-8(13)6-15(9)10/h3-7,11H,1-2H3,(H,16,17). The summed E-state index contributed by atoms with van der Waals surface area (Å²) in [5.41, 5.74) is 1.05. The van der Waals surface area contributed by atoms with Gasteiger partial charge in [-0.15, -0.1) is 0 Å². The van der Waals surface area contributed by atoms with Gasteiger partial charge in [-0.1, -0.05) is 13.8 Å². The fraction of sp³-hybridized carbons (Fsp3) is 0.333. The van der Waals surface area contributed by atoms with E-state index in [9.17, 15) is 14.3 Å². The first kappa shape index (κ1) is 11.6. The van der Waals surface area contributed by atoms with E-state index in [2.05, 4.69) is 4.98 Å². The molecule has 5 heteroatoms. The van der Waals surface area contributed by atoms with Gasteiger partial charge in [-0.05, 0) is 18.1 Å². The summed E-state index contributed by atoms with van der Waals surface area (Å²) >= 11 is 0. The van der Waals surface area contributed by atoms with E-state index in [0.717, 1.165) is 0 Å². The number of carbonyl (C=O) groups is 1. The minimum Gasteiger partial charge on any atom is -0.481 e. The number of hydrogen-bond donors (Lipinski definition) is 1. The Morgan fingerprint density at radius 3 is 2.76 bits per heavy atom. The molecule has 0 aliphatic rings. The van der Waals surface area contributed by atoms with Crippen LogP contribution in [0.15, 0.2) is 24.5 Å². The van der Waals surface area contributed by atoms with Crippen molar-refractivity contribution in [2.24, 2.45) is 5.92 Å². The molecule has 0 aliphatic heterocycles. The fourth-order valence-electron chi connectivity index (χ4n) is 1.96. The lowest BCUT2D eigenvalue weighted by Gasteiger charge is -2.15. The van der Waals surface area contributed by atoms with Crippen LogP contribution in [-0.4, -0.2) is 20.5 Å². The summed E-state index contributed by atoms with van der Waals surface area (Å²) in [6, 6.07) is 2.83. The molecule has 0 amide bonds. The fourth-order valence-corrected chi connectivity index (χ4v) is 1.96. The molecule has 0 fully saturated rings. The van der Waals surface area contributed by atoms with Gasteiger partial charge in [-0.2, -0.15) is 0 Å². The van der Waals surface area contributed by atoms with Gasteiger partial charge in [-0.25, -0.2) is 9.37 Å². The lowest BCUT2D eigenvalue weighted by atomic mass is 9.93. The van der Waals surface area contributed by atoms with Crippen LogP contribution in [0.2, 0.25) is 0 Å². The van der Waals surface area contributed by atoms with Crippen molar-refractivity contribution >= 4 is 11.6 Å². The Morgan fingerprint density at radius 1 is 1.47 bits per heavy atom. The molecule has 2 aromatic rings. The number of aliphatic carboxylic acids is 1. The van der Waals surface area contributed by atoms with Crippen LogP contribution >= 0.6 is 0 Å². The van der Waals surface area contributed by atoms with Gasteiger partial charge in [0.2, 0.25) is 0 Å². The number of rotatable bonds is 3. The van der Waals surface area contributed by atoms with Crippen LogP contribution in [0.3, 0.4) is 0 Å². The van der Waals surface area contributed by atoms with Crippen LogP contribution in [0.25, 0.3) is 5.65 Å². The summed E-state index contributed by atoms with van der Waals surface area (Å²) in [6.45, 7) is 3.63. The highest BCUT2D eigenvalue weighted by molar-refractivity contribution is 5.76. The number of halogens is 1. The molecule has 0 spiro atoms. The van der Waals surface area contributed by atoms with Gasteiger partial charge in [0, 0.05) is 6.20 Å². The van der Waals surface area contributed by atoms with Gasteiger partial charge in [-0.3, -0.25) is 4.79 Å². The Balaban J connectivity index is 2.61. The van der Waals surface area contributed by atoms with E-state index in [-0.39, 0.29) is 5.92 Å². The maximum Gasteiger partial charge on any atom is 0.312 e. The third-order valence-corrected chi connectivity index (χ3v) is 2.75. The van der Waals surface area contributed by atoms with Crippen LogP contribution in [0.5, 0.6) is 0 Å². The normalized spacial score (nSPS) is 13.2. The van der Waals surface area contributed by atoms with E-state index >= 15 is 0 Å². The number of imidazole rings is 1. The minimum absolute atomic E-state index is 0.0873. The molecular formula is C12H13FN2O2. The Bertz CT molecular complexity index is 563. The summed E-state index contributed by atoms with van der Waals surface area (Å²) in [7, 11) is 0. The molecule has 17 heavy (non-hydrogen) atoms. The minimum atomic E-state index is -0.925. The van der Waals surface area contributed by atoms with Gasteiger partial charge in [0.1, 0.15) is 17.4 Å². The molecule has 1 N–H and O–H groups in total. The number of aromatic nitrogens is 2. The van der Waals surface area contributed by atoms with Crippen molar-refractivity contribution in [2.75, 3.05) is 0 Å². The molecule has 2 aromatic heterocycles. The lowest BCUT2D eigenvalue weighted by Crippen LogP contribution is -2.19. The predicted octanol–water partition coefficient (Wildman–Crippen LogP) is 2.30. The van der Waals surface area contributed by atoms with Crippen LogP contribution in [0.4, 0.5) is 4.39 Å². The monoisotopic (exact) mass is 236 g/mol. The Kier molecular flexibility index (Phi) is 2.83. The second-order valence-electron chi connectivity index (χ2n) is 4.32. The molecule has 0 saturated heterocycles. The van der Waals surface area contributed by atoms with Crippen molar-refractivity contribution in [3.63, 3.8) is 0 Å². The highest BCUT2D eigenvalue weighted by Crippen LogP contribution is 2.25. The van der Waals surface area contributed by atoms with Gasteiger partial charge >= 0.3 is 5.97 Å². The predicted molar refractivity (Wildman–Crippen MR) is 60.4 cm³/mol. The summed E-state index contributed by atoms with van der Waals surface area (Å²) in [5.74, 6) is -2.11. The van der Waals surface area contributed by atoms with Crippen LogP contribution < -0.4 is 0 Å².